The van der Waals surface area contributed by atoms with E-state index < -0.39 is 5.82 Å². The fraction of sp³-hybridized carbons (Fsp3) is 0.467. The van der Waals surface area contributed by atoms with Crippen molar-refractivity contribution < 1.29 is 13.9 Å². The van der Waals surface area contributed by atoms with Crippen molar-refractivity contribution in [3.63, 3.8) is 0 Å². The van der Waals surface area contributed by atoms with Crippen LogP contribution in [0.15, 0.2) is 18.2 Å². The number of nitrogens with one attached hydrogen (secondary N) is 1. The van der Waals surface area contributed by atoms with Gasteiger partial charge in [-0.3, -0.25) is 4.79 Å². The summed E-state index contributed by atoms with van der Waals surface area (Å²) in [5.74, 6) is -0.515. The lowest BCUT2D eigenvalue weighted by Crippen LogP contribution is -2.41. The largest absolute Gasteiger partial charge is 0.380 e. The summed E-state index contributed by atoms with van der Waals surface area (Å²) in [6, 6.07) is 5.80. The number of amides is 1. The maximum atomic E-state index is 13.7. The van der Waals surface area contributed by atoms with Crippen LogP contribution in [0.1, 0.15) is 17.5 Å². The monoisotopic (exact) mass is 291 g/mol. The van der Waals surface area contributed by atoms with Gasteiger partial charge in [0.1, 0.15) is 5.82 Å². The molecule has 1 aromatic rings. The van der Waals surface area contributed by atoms with E-state index in [2.05, 4.69) is 5.32 Å². The third-order valence-corrected chi connectivity index (χ3v) is 3.68. The van der Waals surface area contributed by atoms with E-state index in [0.29, 0.717) is 24.1 Å². The fourth-order valence-corrected chi connectivity index (χ4v) is 2.44. The Bertz CT molecular complexity index is 571. The van der Waals surface area contributed by atoms with Gasteiger partial charge in [0, 0.05) is 32.8 Å². The number of nitrogens with zero attached hydrogens (tertiary/aromatic N) is 2. The Kier molecular flexibility index (Phi) is 4.89. The first-order valence-corrected chi connectivity index (χ1v) is 6.74. The lowest BCUT2D eigenvalue weighted by atomic mass is 10.1. The van der Waals surface area contributed by atoms with Crippen molar-refractivity contribution >= 4 is 5.91 Å². The van der Waals surface area contributed by atoms with Gasteiger partial charge in [-0.05, 0) is 24.6 Å². The number of nitriles is 1. The Labute approximate surface area is 123 Å². The van der Waals surface area contributed by atoms with E-state index in [0.717, 1.165) is 0 Å². The number of rotatable bonds is 4. The zero-order valence-corrected chi connectivity index (χ0v) is 12.1. The number of carbonyl (C=O) groups excluding carboxylic acids is 1. The first-order chi connectivity index (χ1) is 10.0. The molecule has 1 heterocycles. The highest BCUT2D eigenvalue weighted by molar-refractivity contribution is 5.82. The van der Waals surface area contributed by atoms with E-state index >= 15 is 0 Å². The topological polar surface area (TPSA) is 65.4 Å². The van der Waals surface area contributed by atoms with Crippen molar-refractivity contribution in [1.29, 1.82) is 5.26 Å². The molecule has 0 radical (unpaired) electrons. The zero-order valence-electron chi connectivity index (χ0n) is 12.1. The van der Waals surface area contributed by atoms with Gasteiger partial charge in [0.05, 0.1) is 23.8 Å². The molecule has 1 aromatic carbocycles. The van der Waals surface area contributed by atoms with Crippen LogP contribution in [0.4, 0.5) is 4.39 Å². The molecule has 1 amide bonds. The van der Waals surface area contributed by atoms with Gasteiger partial charge < -0.3 is 15.0 Å². The number of halogens is 1. The summed E-state index contributed by atoms with van der Waals surface area (Å²) in [7, 11) is 3.24. The number of benzene rings is 1. The standard InChI is InChI=1S/C15H18FN3O2/c1-19(15(20)14-6-12(21-2)8-18-14)9-11-5-10(7-17)3-4-13(11)16/h3-5,12,14,18H,6,8-9H2,1-2H3. The molecule has 1 fully saturated rings. The Morgan fingerprint density at radius 2 is 2.38 bits per heavy atom. The SMILES string of the molecule is COC1CNC(C(=O)N(C)Cc2cc(C#N)ccc2F)C1. The summed E-state index contributed by atoms with van der Waals surface area (Å²) < 4.78 is 19.0. The summed E-state index contributed by atoms with van der Waals surface area (Å²) >= 11 is 0. The minimum Gasteiger partial charge on any atom is -0.380 e. The Morgan fingerprint density at radius 3 is 3.00 bits per heavy atom. The van der Waals surface area contributed by atoms with E-state index in [9.17, 15) is 9.18 Å². The summed E-state index contributed by atoms with van der Waals surface area (Å²) in [5, 5.41) is 11.9. The molecule has 1 aliphatic heterocycles. The van der Waals surface area contributed by atoms with Crippen LogP contribution < -0.4 is 5.32 Å². The molecule has 0 bridgehead atoms. The minimum absolute atomic E-state index is 0.0333. The summed E-state index contributed by atoms with van der Waals surface area (Å²) in [6.07, 6.45) is 0.645. The summed E-state index contributed by atoms with van der Waals surface area (Å²) in [6.45, 7) is 0.773. The van der Waals surface area contributed by atoms with E-state index in [-0.39, 0.29) is 24.6 Å². The molecule has 1 N–H and O–H groups in total. The van der Waals surface area contributed by atoms with Crippen LogP contribution in [0.2, 0.25) is 0 Å². The zero-order chi connectivity index (χ0) is 15.4. The van der Waals surface area contributed by atoms with Gasteiger partial charge >= 0.3 is 0 Å². The Hall–Kier alpha value is -1.97. The Morgan fingerprint density at radius 1 is 1.62 bits per heavy atom. The Balaban J connectivity index is 2.03. The lowest BCUT2D eigenvalue weighted by Gasteiger charge is -2.21. The number of likely N-dealkylation sites (N-methyl/N-ethyl adjacent to an activating group) is 1. The smallest absolute Gasteiger partial charge is 0.239 e. The minimum atomic E-state index is -0.414. The average Bonchev–Trinajstić information content (AvgIpc) is 2.97. The van der Waals surface area contributed by atoms with Gasteiger partial charge in [0.15, 0.2) is 0 Å². The molecule has 0 saturated carbocycles. The van der Waals surface area contributed by atoms with Crippen molar-refractivity contribution in [3.8, 4) is 6.07 Å². The predicted molar refractivity (Wildman–Crippen MR) is 74.8 cm³/mol. The quantitative estimate of drug-likeness (QED) is 0.900. The van der Waals surface area contributed by atoms with Crippen molar-refractivity contribution in [1.82, 2.24) is 10.2 Å². The van der Waals surface area contributed by atoms with Gasteiger partial charge in [-0.2, -0.15) is 5.26 Å². The van der Waals surface area contributed by atoms with Crippen molar-refractivity contribution in [2.24, 2.45) is 0 Å². The third-order valence-electron chi connectivity index (χ3n) is 3.68. The van der Waals surface area contributed by atoms with Gasteiger partial charge in [0.2, 0.25) is 5.91 Å². The van der Waals surface area contributed by atoms with E-state index in [4.69, 9.17) is 10.00 Å². The van der Waals surface area contributed by atoms with Crippen LogP contribution in [0, 0.1) is 17.1 Å². The normalized spacial score (nSPS) is 21.0. The molecule has 2 rings (SSSR count). The predicted octanol–water partition coefficient (Wildman–Crippen LogP) is 1.03. The molecule has 2 unspecified atom stereocenters. The van der Waals surface area contributed by atoms with Crippen LogP contribution in [-0.2, 0) is 16.1 Å². The molecule has 6 heteroatoms. The molecule has 5 nitrogen and oxygen atoms in total. The molecule has 21 heavy (non-hydrogen) atoms. The number of hydrogen-bond acceptors (Lipinski definition) is 4. The van der Waals surface area contributed by atoms with Crippen LogP contribution in [0.3, 0.4) is 0 Å². The van der Waals surface area contributed by atoms with Gasteiger partial charge in [-0.1, -0.05) is 0 Å². The van der Waals surface area contributed by atoms with Crippen LogP contribution in [-0.4, -0.2) is 43.7 Å². The number of methoxy groups -OCH3 is 1. The molecule has 1 aliphatic rings. The van der Waals surface area contributed by atoms with Crippen molar-refractivity contribution in [2.45, 2.75) is 25.1 Å². The molecule has 112 valence electrons. The summed E-state index contributed by atoms with van der Waals surface area (Å²) in [5.41, 5.74) is 0.719. The second-order valence-corrected chi connectivity index (χ2v) is 5.17. The molecule has 1 saturated heterocycles. The molecule has 0 aromatic heterocycles. The highest BCUT2D eigenvalue weighted by Gasteiger charge is 2.31. The maximum absolute atomic E-state index is 13.7. The van der Waals surface area contributed by atoms with E-state index in [1.54, 1.807) is 14.2 Å². The molecular weight excluding hydrogens is 273 g/mol. The lowest BCUT2D eigenvalue weighted by molar-refractivity contribution is -0.132. The van der Waals surface area contributed by atoms with Gasteiger partial charge in [0.25, 0.3) is 0 Å². The van der Waals surface area contributed by atoms with Crippen molar-refractivity contribution in [3.05, 3.63) is 35.1 Å². The van der Waals surface area contributed by atoms with Gasteiger partial charge in [-0.15, -0.1) is 0 Å². The molecular formula is C15H18FN3O2. The molecule has 0 spiro atoms. The van der Waals surface area contributed by atoms with Gasteiger partial charge in [-0.25, -0.2) is 4.39 Å². The third kappa shape index (κ3) is 3.57. The first kappa shape index (κ1) is 15.4. The maximum Gasteiger partial charge on any atom is 0.239 e. The highest BCUT2D eigenvalue weighted by Crippen LogP contribution is 2.15. The number of hydrogen-bond donors (Lipinski definition) is 1. The molecule has 0 aliphatic carbocycles. The van der Waals surface area contributed by atoms with Crippen LogP contribution >= 0.6 is 0 Å². The van der Waals surface area contributed by atoms with Crippen LogP contribution in [0.5, 0.6) is 0 Å². The van der Waals surface area contributed by atoms with E-state index in [1.807, 2.05) is 6.07 Å². The first-order valence-electron chi connectivity index (χ1n) is 6.74. The van der Waals surface area contributed by atoms with Crippen molar-refractivity contribution in [2.75, 3.05) is 20.7 Å². The number of ether oxygens (including phenoxy) is 1. The summed E-state index contributed by atoms with van der Waals surface area (Å²) in [4.78, 5) is 13.8. The van der Waals surface area contributed by atoms with E-state index in [1.165, 1.54) is 23.1 Å². The van der Waals surface area contributed by atoms with Crippen LogP contribution in [0.25, 0.3) is 0 Å². The average molecular weight is 291 g/mol. The highest BCUT2D eigenvalue weighted by atomic mass is 19.1. The molecule has 2 atom stereocenters. The fourth-order valence-electron chi connectivity index (χ4n) is 2.44. The number of carbonyl (C=O) groups is 1. The second kappa shape index (κ2) is 6.66. The second-order valence-electron chi connectivity index (χ2n) is 5.17.